The second-order valence-corrected chi connectivity index (χ2v) is 9.95. The quantitative estimate of drug-likeness (QED) is 0.385. The lowest BCUT2D eigenvalue weighted by Crippen LogP contribution is -2.16. The molecular weight excluding hydrogens is 475 g/mol. The molecule has 0 radical (unpaired) electrons. The minimum absolute atomic E-state index is 0.142. The van der Waals surface area contributed by atoms with Gasteiger partial charge in [0, 0.05) is 10.9 Å². The largest absolute Gasteiger partial charge is 0.493 e. The zero-order valence-corrected chi connectivity index (χ0v) is 18.2. The first kappa shape index (κ1) is 21.0. The topological polar surface area (TPSA) is 47.9 Å². The van der Waals surface area contributed by atoms with Crippen molar-refractivity contribution in [2.75, 3.05) is 6.61 Å². The predicted octanol–water partition coefficient (Wildman–Crippen LogP) is 6.74. The Morgan fingerprint density at radius 2 is 1.33 bits per heavy atom. The zero-order valence-electron chi connectivity index (χ0n) is 13.7. The standard InChI is InChI=1S/C17H11Cl6N3O/c1-2-27-12-8-7-11(9-5-3-4-6-10(9)12)13-24-14(16(18,19)20)26-15(25-13)17(21,22)23/h3-8H,2H2,1H3. The lowest BCUT2D eigenvalue weighted by molar-refractivity contribution is 0.344. The maximum absolute atomic E-state index is 5.95. The summed E-state index contributed by atoms with van der Waals surface area (Å²) in [6.45, 7) is 2.44. The van der Waals surface area contributed by atoms with Crippen LogP contribution in [0.2, 0.25) is 0 Å². The van der Waals surface area contributed by atoms with E-state index in [1.165, 1.54) is 0 Å². The SMILES string of the molecule is CCOc1ccc(-c2nc(C(Cl)(Cl)Cl)nc(C(Cl)(Cl)Cl)n2)c2ccccc12. The van der Waals surface area contributed by atoms with Crippen molar-refractivity contribution < 1.29 is 4.74 Å². The van der Waals surface area contributed by atoms with Crippen LogP contribution in [0.3, 0.4) is 0 Å². The van der Waals surface area contributed by atoms with Gasteiger partial charge >= 0.3 is 0 Å². The maximum Gasteiger partial charge on any atom is 0.250 e. The van der Waals surface area contributed by atoms with Gasteiger partial charge in [-0.1, -0.05) is 93.9 Å². The molecule has 0 bridgehead atoms. The van der Waals surface area contributed by atoms with Gasteiger partial charge in [-0.3, -0.25) is 0 Å². The molecule has 27 heavy (non-hydrogen) atoms. The average Bonchev–Trinajstić information content (AvgIpc) is 2.60. The van der Waals surface area contributed by atoms with Crippen molar-refractivity contribution in [1.82, 2.24) is 15.0 Å². The summed E-state index contributed by atoms with van der Waals surface area (Å²) in [5, 5.41) is 1.71. The summed E-state index contributed by atoms with van der Waals surface area (Å²) in [6, 6.07) is 11.2. The van der Waals surface area contributed by atoms with Crippen LogP contribution in [-0.4, -0.2) is 21.6 Å². The Kier molecular flexibility index (Phi) is 6.17. The number of fused-ring (bicyclic) bond motifs is 1. The summed E-state index contributed by atoms with van der Waals surface area (Å²) in [7, 11) is 0. The minimum Gasteiger partial charge on any atom is -0.493 e. The van der Waals surface area contributed by atoms with E-state index >= 15 is 0 Å². The molecular formula is C17H11Cl6N3O. The number of ether oxygens (including phenoxy) is 1. The van der Waals surface area contributed by atoms with Gasteiger partial charge in [0.15, 0.2) is 17.5 Å². The third-order valence-electron chi connectivity index (χ3n) is 3.57. The van der Waals surface area contributed by atoms with Gasteiger partial charge in [0.1, 0.15) is 5.75 Å². The number of alkyl halides is 6. The van der Waals surface area contributed by atoms with Crippen LogP contribution in [0.5, 0.6) is 5.75 Å². The van der Waals surface area contributed by atoms with Crippen LogP contribution < -0.4 is 4.74 Å². The van der Waals surface area contributed by atoms with Gasteiger partial charge in [-0.25, -0.2) is 15.0 Å². The highest BCUT2D eigenvalue weighted by Gasteiger charge is 2.34. The van der Waals surface area contributed by atoms with Gasteiger partial charge in [-0.15, -0.1) is 0 Å². The van der Waals surface area contributed by atoms with E-state index in [2.05, 4.69) is 15.0 Å². The summed E-state index contributed by atoms with van der Waals surface area (Å²) < 4.78 is 1.86. The van der Waals surface area contributed by atoms with E-state index in [1.54, 1.807) is 6.07 Å². The molecule has 0 N–H and O–H groups in total. The van der Waals surface area contributed by atoms with Gasteiger partial charge in [0.05, 0.1) is 6.61 Å². The molecule has 3 aromatic rings. The van der Waals surface area contributed by atoms with E-state index in [0.29, 0.717) is 12.2 Å². The summed E-state index contributed by atoms with van der Waals surface area (Å²) in [6.07, 6.45) is 0. The van der Waals surface area contributed by atoms with Gasteiger partial charge in [0.25, 0.3) is 0 Å². The molecule has 3 rings (SSSR count). The van der Waals surface area contributed by atoms with Crippen LogP contribution in [0.4, 0.5) is 0 Å². The van der Waals surface area contributed by atoms with Crippen molar-refractivity contribution in [3.8, 4) is 17.1 Å². The molecule has 0 saturated heterocycles. The van der Waals surface area contributed by atoms with E-state index < -0.39 is 7.59 Å². The lowest BCUT2D eigenvalue weighted by atomic mass is 10.0. The highest BCUT2D eigenvalue weighted by atomic mass is 35.6. The van der Waals surface area contributed by atoms with E-state index in [0.717, 1.165) is 16.5 Å². The number of halogens is 6. The van der Waals surface area contributed by atoms with Crippen LogP contribution in [-0.2, 0) is 7.59 Å². The summed E-state index contributed by atoms with van der Waals surface area (Å²) in [5.74, 6) is 0.662. The monoisotopic (exact) mass is 483 g/mol. The second-order valence-electron chi connectivity index (χ2n) is 5.39. The fraction of sp³-hybridized carbons (Fsp3) is 0.235. The van der Waals surface area contributed by atoms with Crippen molar-refractivity contribution in [2.24, 2.45) is 0 Å². The number of hydrogen-bond acceptors (Lipinski definition) is 4. The molecule has 0 atom stereocenters. The molecule has 0 unspecified atom stereocenters. The Morgan fingerprint density at radius 3 is 1.85 bits per heavy atom. The third kappa shape index (κ3) is 4.64. The highest BCUT2D eigenvalue weighted by Crippen LogP contribution is 2.41. The van der Waals surface area contributed by atoms with Crippen LogP contribution in [0.1, 0.15) is 18.6 Å². The highest BCUT2D eigenvalue weighted by molar-refractivity contribution is 6.67. The molecule has 0 aliphatic heterocycles. The van der Waals surface area contributed by atoms with E-state index in [-0.39, 0.29) is 17.5 Å². The normalized spacial score (nSPS) is 12.4. The number of benzene rings is 2. The Bertz CT molecular complexity index is 952. The Morgan fingerprint density at radius 1 is 0.778 bits per heavy atom. The Hall–Kier alpha value is -0.750. The Labute approximate surface area is 185 Å². The van der Waals surface area contributed by atoms with Crippen molar-refractivity contribution in [3.05, 3.63) is 48.0 Å². The Balaban J connectivity index is 2.29. The van der Waals surface area contributed by atoms with Crippen molar-refractivity contribution >= 4 is 80.4 Å². The molecule has 0 fully saturated rings. The first-order valence-corrected chi connectivity index (χ1v) is 9.93. The maximum atomic E-state index is 5.95. The number of rotatable bonds is 3. The molecule has 0 aliphatic rings. The first-order valence-electron chi connectivity index (χ1n) is 7.66. The summed E-state index contributed by atoms with van der Waals surface area (Å²) in [5.41, 5.74) is 0.655. The van der Waals surface area contributed by atoms with E-state index in [9.17, 15) is 0 Å². The molecule has 0 amide bonds. The molecule has 1 heterocycles. The van der Waals surface area contributed by atoms with E-state index in [1.807, 2.05) is 37.3 Å². The van der Waals surface area contributed by atoms with Crippen LogP contribution in [0, 0.1) is 0 Å². The summed E-state index contributed by atoms with van der Waals surface area (Å²) in [4.78, 5) is 12.5. The van der Waals surface area contributed by atoms with Crippen molar-refractivity contribution in [2.45, 2.75) is 14.5 Å². The van der Waals surface area contributed by atoms with Crippen molar-refractivity contribution in [3.63, 3.8) is 0 Å². The van der Waals surface area contributed by atoms with Crippen LogP contribution in [0.15, 0.2) is 36.4 Å². The van der Waals surface area contributed by atoms with Crippen molar-refractivity contribution in [1.29, 1.82) is 0 Å². The van der Waals surface area contributed by atoms with E-state index in [4.69, 9.17) is 74.3 Å². The fourth-order valence-electron chi connectivity index (χ4n) is 2.50. The molecule has 4 nitrogen and oxygen atoms in total. The lowest BCUT2D eigenvalue weighted by Gasteiger charge is -2.17. The molecule has 142 valence electrons. The zero-order chi connectivity index (χ0) is 19.8. The molecule has 0 spiro atoms. The van der Waals surface area contributed by atoms with Gasteiger partial charge < -0.3 is 4.74 Å². The number of hydrogen-bond donors (Lipinski definition) is 0. The van der Waals surface area contributed by atoms with Crippen LogP contribution >= 0.6 is 69.6 Å². The third-order valence-corrected chi connectivity index (χ3v) is 4.58. The van der Waals surface area contributed by atoms with Gasteiger partial charge in [-0.2, -0.15) is 0 Å². The number of aromatic nitrogens is 3. The predicted molar refractivity (Wildman–Crippen MR) is 112 cm³/mol. The molecule has 2 aromatic carbocycles. The van der Waals surface area contributed by atoms with Gasteiger partial charge in [0.2, 0.25) is 7.59 Å². The fourth-order valence-corrected chi connectivity index (χ4v) is 3.00. The average molecular weight is 486 g/mol. The first-order chi connectivity index (χ1) is 12.6. The molecule has 0 aliphatic carbocycles. The minimum atomic E-state index is -1.91. The molecule has 0 saturated carbocycles. The number of nitrogens with zero attached hydrogens (tertiary/aromatic N) is 3. The molecule has 1 aromatic heterocycles. The smallest absolute Gasteiger partial charge is 0.250 e. The summed E-state index contributed by atoms with van der Waals surface area (Å²) >= 11 is 35.7. The van der Waals surface area contributed by atoms with Crippen LogP contribution in [0.25, 0.3) is 22.2 Å². The second kappa shape index (κ2) is 7.94. The van der Waals surface area contributed by atoms with Gasteiger partial charge in [-0.05, 0) is 24.4 Å². The molecule has 10 heteroatoms.